The summed E-state index contributed by atoms with van der Waals surface area (Å²) in [6.07, 6.45) is 1.44. The van der Waals surface area contributed by atoms with Crippen LogP contribution in [0.15, 0.2) is 40.9 Å². The molecule has 7 heteroatoms. The Bertz CT molecular complexity index is 714. The lowest BCUT2D eigenvalue weighted by Crippen LogP contribution is -2.40. The Hall–Kier alpha value is -2.83. The van der Waals surface area contributed by atoms with Crippen molar-refractivity contribution < 1.29 is 14.1 Å². The smallest absolute Gasteiger partial charge is 0.322 e. The Balaban J connectivity index is 1.69. The zero-order valence-electron chi connectivity index (χ0n) is 13.5. The number of carbonyl (C=O) groups excluding carboxylic acids is 2. The molecule has 0 aliphatic carbocycles. The number of hydrogen-bond acceptors (Lipinski definition) is 4. The standard InChI is InChI=1S/C17H20N4O3/c1-12-10-15(24-20-12)19-17(23)18-14(13-6-3-2-4-7-13)11-21-9-5-8-16(21)22/h2-4,6-7,10,14H,5,8-9,11H2,1H3,(H2,18,19,23). The van der Waals surface area contributed by atoms with Gasteiger partial charge >= 0.3 is 6.03 Å². The highest BCUT2D eigenvalue weighted by Crippen LogP contribution is 2.19. The molecule has 0 bridgehead atoms. The molecule has 1 aliphatic rings. The van der Waals surface area contributed by atoms with Gasteiger partial charge in [-0.05, 0) is 18.9 Å². The lowest BCUT2D eigenvalue weighted by Gasteiger charge is -2.25. The van der Waals surface area contributed by atoms with Crippen LogP contribution in [-0.4, -0.2) is 35.1 Å². The van der Waals surface area contributed by atoms with Crippen molar-refractivity contribution >= 4 is 17.8 Å². The van der Waals surface area contributed by atoms with Gasteiger partial charge in [0.15, 0.2) is 0 Å². The first-order valence-electron chi connectivity index (χ1n) is 7.95. The first-order valence-corrected chi connectivity index (χ1v) is 7.95. The third kappa shape index (κ3) is 3.92. The maximum absolute atomic E-state index is 12.2. The third-order valence-electron chi connectivity index (χ3n) is 3.95. The number of nitrogens with zero attached hydrogens (tertiary/aromatic N) is 2. The van der Waals surface area contributed by atoms with Gasteiger partial charge in [-0.15, -0.1) is 0 Å². The number of nitrogens with one attached hydrogen (secondary N) is 2. The molecule has 126 valence electrons. The van der Waals surface area contributed by atoms with Gasteiger partial charge < -0.3 is 14.7 Å². The molecule has 0 radical (unpaired) electrons. The van der Waals surface area contributed by atoms with Crippen LogP contribution >= 0.6 is 0 Å². The van der Waals surface area contributed by atoms with Crippen molar-refractivity contribution in [2.75, 3.05) is 18.4 Å². The summed E-state index contributed by atoms with van der Waals surface area (Å²) < 4.78 is 4.99. The summed E-state index contributed by atoms with van der Waals surface area (Å²) in [6.45, 7) is 2.96. The molecule has 24 heavy (non-hydrogen) atoms. The van der Waals surface area contributed by atoms with Gasteiger partial charge in [-0.2, -0.15) is 0 Å². The van der Waals surface area contributed by atoms with Crippen molar-refractivity contribution in [1.82, 2.24) is 15.4 Å². The molecule has 1 unspecified atom stereocenters. The molecule has 0 saturated carbocycles. The average Bonchev–Trinajstić information content (AvgIpc) is 3.16. The second-order valence-corrected chi connectivity index (χ2v) is 5.84. The van der Waals surface area contributed by atoms with E-state index in [4.69, 9.17) is 4.52 Å². The van der Waals surface area contributed by atoms with Crippen LogP contribution in [0.25, 0.3) is 0 Å². The van der Waals surface area contributed by atoms with Crippen LogP contribution in [0.4, 0.5) is 10.7 Å². The Morgan fingerprint density at radius 3 is 2.79 bits per heavy atom. The maximum atomic E-state index is 12.2. The van der Waals surface area contributed by atoms with Crippen molar-refractivity contribution in [3.05, 3.63) is 47.7 Å². The largest absolute Gasteiger partial charge is 0.340 e. The number of aromatic nitrogens is 1. The minimum Gasteiger partial charge on any atom is -0.340 e. The number of anilines is 1. The Kier molecular flexibility index (Phi) is 4.79. The van der Waals surface area contributed by atoms with E-state index in [1.165, 1.54) is 0 Å². The predicted octanol–water partition coefficient (Wildman–Crippen LogP) is 2.47. The summed E-state index contributed by atoms with van der Waals surface area (Å²) in [5.41, 5.74) is 1.63. The summed E-state index contributed by atoms with van der Waals surface area (Å²) in [7, 11) is 0. The van der Waals surface area contributed by atoms with E-state index in [9.17, 15) is 9.59 Å². The number of rotatable bonds is 5. The van der Waals surface area contributed by atoms with Crippen molar-refractivity contribution in [2.45, 2.75) is 25.8 Å². The second kappa shape index (κ2) is 7.16. The molecule has 1 atom stereocenters. The minimum absolute atomic E-state index is 0.129. The number of urea groups is 1. The maximum Gasteiger partial charge on any atom is 0.322 e. The van der Waals surface area contributed by atoms with Crippen molar-refractivity contribution in [1.29, 1.82) is 0 Å². The number of hydrogen-bond donors (Lipinski definition) is 2. The van der Waals surface area contributed by atoms with E-state index in [-0.39, 0.29) is 17.8 Å². The number of amides is 3. The molecule has 1 aromatic carbocycles. The lowest BCUT2D eigenvalue weighted by atomic mass is 10.1. The van der Waals surface area contributed by atoms with Gasteiger partial charge in [-0.25, -0.2) is 4.79 Å². The molecule has 3 amide bonds. The number of benzene rings is 1. The van der Waals surface area contributed by atoms with E-state index in [0.29, 0.717) is 18.7 Å². The van der Waals surface area contributed by atoms with Crippen LogP contribution in [0.1, 0.15) is 30.1 Å². The predicted molar refractivity (Wildman–Crippen MR) is 88.4 cm³/mol. The van der Waals surface area contributed by atoms with Crippen LogP contribution in [0, 0.1) is 6.92 Å². The third-order valence-corrected chi connectivity index (χ3v) is 3.95. The van der Waals surface area contributed by atoms with Gasteiger partial charge in [0.2, 0.25) is 11.8 Å². The Morgan fingerprint density at radius 2 is 2.17 bits per heavy atom. The SMILES string of the molecule is Cc1cc(NC(=O)NC(CN2CCCC2=O)c2ccccc2)on1. The van der Waals surface area contributed by atoms with Crippen molar-refractivity contribution in [2.24, 2.45) is 0 Å². The summed E-state index contributed by atoms with van der Waals surface area (Å²) in [5, 5.41) is 9.25. The molecule has 1 saturated heterocycles. The summed E-state index contributed by atoms with van der Waals surface area (Å²) >= 11 is 0. The van der Waals surface area contributed by atoms with Crippen molar-refractivity contribution in [3.63, 3.8) is 0 Å². The topological polar surface area (TPSA) is 87.5 Å². The highest BCUT2D eigenvalue weighted by Gasteiger charge is 2.25. The van der Waals surface area contributed by atoms with E-state index in [1.807, 2.05) is 30.3 Å². The summed E-state index contributed by atoms with van der Waals surface area (Å²) in [6, 6.07) is 10.6. The molecule has 3 rings (SSSR count). The van der Waals surface area contributed by atoms with Crippen LogP contribution in [0.5, 0.6) is 0 Å². The second-order valence-electron chi connectivity index (χ2n) is 5.84. The fourth-order valence-electron chi connectivity index (χ4n) is 2.77. The molecule has 2 N–H and O–H groups in total. The molecule has 2 heterocycles. The van der Waals surface area contributed by atoms with Gasteiger partial charge in [0.1, 0.15) is 0 Å². The zero-order chi connectivity index (χ0) is 16.9. The number of likely N-dealkylation sites (tertiary alicyclic amines) is 1. The molecule has 0 spiro atoms. The average molecular weight is 328 g/mol. The van der Waals surface area contributed by atoms with E-state index >= 15 is 0 Å². The lowest BCUT2D eigenvalue weighted by molar-refractivity contribution is -0.128. The molecular weight excluding hydrogens is 308 g/mol. The zero-order valence-corrected chi connectivity index (χ0v) is 13.5. The van der Waals surface area contributed by atoms with Gasteiger partial charge in [-0.1, -0.05) is 35.5 Å². The Labute approximate surface area is 140 Å². The first kappa shape index (κ1) is 16.0. The van der Waals surface area contributed by atoms with Gasteiger partial charge in [0.25, 0.3) is 0 Å². The highest BCUT2D eigenvalue weighted by molar-refractivity contribution is 5.88. The monoisotopic (exact) mass is 328 g/mol. The minimum atomic E-state index is -0.397. The summed E-state index contributed by atoms with van der Waals surface area (Å²) in [5.74, 6) is 0.415. The molecule has 1 aromatic heterocycles. The van der Waals surface area contributed by atoms with E-state index in [1.54, 1.807) is 17.9 Å². The fourth-order valence-corrected chi connectivity index (χ4v) is 2.77. The molecule has 2 aromatic rings. The quantitative estimate of drug-likeness (QED) is 0.882. The molecular formula is C17H20N4O3. The van der Waals surface area contributed by atoms with Gasteiger partial charge in [-0.3, -0.25) is 10.1 Å². The first-order chi connectivity index (χ1) is 11.6. The van der Waals surface area contributed by atoms with Crippen LogP contribution in [-0.2, 0) is 4.79 Å². The highest BCUT2D eigenvalue weighted by atomic mass is 16.5. The van der Waals surface area contributed by atoms with E-state index < -0.39 is 6.03 Å². The van der Waals surface area contributed by atoms with Crippen LogP contribution < -0.4 is 10.6 Å². The van der Waals surface area contributed by atoms with Crippen LogP contribution in [0.2, 0.25) is 0 Å². The van der Waals surface area contributed by atoms with E-state index in [2.05, 4.69) is 15.8 Å². The summed E-state index contributed by atoms with van der Waals surface area (Å²) in [4.78, 5) is 25.9. The van der Waals surface area contributed by atoms with Crippen molar-refractivity contribution in [3.8, 4) is 0 Å². The molecule has 1 fully saturated rings. The molecule has 7 nitrogen and oxygen atoms in total. The Morgan fingerprint density at radius 1 is 1.38 bits per heavy atom. The van der Waals surface area contributed by atoms with Crippen LogP contribution in [0.3, 0.4) is 0 Å². The molecule has 1 aliphatic heterocycles. The number of aryl methyl sites for hydroxylation is 1. The number of carbonyl (C=O) groups is 2. The normalized spacial score (nSPS) is 15.4. The fraction of sp³-hybridized carbons (Fsp3) is 0.353. The van der Waals surface area contributed by atoms with Gasteiger partial charge in [0.05, 0.1) is 11.7 Å². The van der Waals surface area contributed by atoms with E-state index in [0.717, 1.165) is 18.5 Å². The van der Waals surface area contributed by atoms with Gasteiger partial charge in [0, 0.05) is 25.6 Å².